The average Bonchev–Trinajstić information content (AvgIpc) is 2.74. The molecule has 0 bridgehead atoms. The molecule has 1 aromatic carbocycles. The van der Waals surface area contributed by atoms with E-state index < -0.39 is 0 Å². The lowest BCUT2D eigenvalue weighted by Crippen LogP contribution is -2.00. The van der Waals surface area contributed by atoms with Gasteiger partial charge in [0.2, 0.25) is 0 Å². The summed E-state index contributed by atoms with van der Waals surface area (Å²) >= 11 is 7.66. The van der Waals surface area contributed by atoms with E-state index in [4.69, 9.17) is 17.3 Å². The van der Waals surface area contributed by atoms with E-state index in [0.29, 0.717) is 0 Å². The number of rotatable bonds is 5. The molecule has 0 amide bonds. The summed E-state index contributed by atoms with van der Waals surface area (Å²) in [6, 6.07) is 7.93. The van der Waals surface area contributed by atoms with Gasteiger partial charge in [0.25, 0.3) is 0 Å². The Labute approximate surface area is 110 Å². The van der Waals surface area contributed by atoms with Crippen molar-refractivity contribution in [3.63, 3.8) is 0 Å². The number of benzene rings is 1. The van der Waals surface area contributed by atoms with Crippen LogP contribution in [0.2, 0.25) is 5.02 Å². The van der Waals surface area contributed by atoms with E-state index in [9.17, 15) is 0 Å². The summed E-state index contributed by atoms with van der Waals surface area (Å²) in [4.78, 5) is 4.59. The first-order valence-corrected chi connectivity index (χ1v) is 6.91. The first kappa shape index (κ1) is 12.6. The molecule has 0 aliphatic carbocycles. The van der Waals surface area contributed by atoms with Gasteiger partial charge in [-0.05, 0) is 37.1 Å². The highest BCUT2D eigenvalue weighted by Gasteiger charge is 2.03. The number of halogens is 1. The molecule has 2 rings (SSSR count). The molecule has 0 saturated heterocycles. The molecule has 1 heterocycles. The van der Waals surface area contributed by atoms with Crippen molar-refractivity contribution in [1.29, 1.82) is 0 Å². The van der Waals surface area contributed by atoms with Crippen molar-refractivity contribution in [2.24, 2.45) is 5.73 Å². The fraction of sp³-hybridized carbons (Fsp3) is 0.308. The molecule has 0 aliphatic rings. The zero-order valence-corrected chi connectivity index (χ0v) is 11.1. The van der Waals surface area contributed by atoms with E-state index in [-0.39, 0.29) is 0 Å². The molecule has 0 aliphatic heterocycles. The van der Waals surface area contributed by atoms with E-state index >= 15 is 0 Å². The van der Waals surface area contributed by atoms with Gasteiger partial charge in [0, 0.05) is 16.8 Å². The Morgan fingerprint density at radius 3 is 3.00 bits per heavy atom. The number of hydrogen-bond acceptors (Lipinski definition) is 3. The Hall–Kier alpha value is -0.900. The Kier molecular flexibility index (Phi) is 4.54. The first-order valence-electron chi connectivity index (χ1n) is 5.65. The third-order valence-corrected chi connectivity index (χ3v) is 3.61. The van der Waals surface area contributed by atoms with Crippen LogP contribution in [0.15, 0.2) is 29.6 Å². The molecule has 90 valence electrons. The van der Waals surface area contributed by atoms with Crippen molar-refractivity contribution in [2.45, 2.75) is 19.3 Å². The summed E-state index contributed by atoms with van der Waals surface area (Å²) in [6.45, 7) is 0.723. The van der Waals surface area contributed by atoms with E-state index in [0.717, 1.165) is 41.5 Å². The number of aryl methyl sites for hydroxylation is 1. The lowest BCUT2D eigenvalue weighted by molar-refractivity contribution is 0.812. The zero-order chi connectivity index (χ0) is 12.1. The SMILES string of the molecule is NCCCc1csc(Cc2cccc(Cl)c2)n1. The predicted molar refractivity (Wildman–Crippen MR) is 73.7 cm³/mol. The lowest BCUT2D eigenvalue weighted by atomic mass is 10.2. The van der Waals surface area contributed by atoms with Crippen LogP contribution in [0.3, 0.4) is 0 Å². The van der Waals surface area contributed by atoms with Crippen LogP contribution in [0.1, 0.15) is 22.7 Å². The highest BCUT2D eigenvalue weighted by Crippen LogP contribution is 2.18. The average molecular weight is 267 g/mol. The molecule has 1 aromatic heterocycles. The van der Waals surface area contributed by atoms with Crippen molar-refractivity contribution in [3.8, 4) is 0 Å². The number of nitrogens with zero attached hydrogens (tertiary/aromatic N) is 1. The minimum atomic E-state index is 0.723. The standard InChI is InChI=1S/C13H15ClN2S/c14-11-4-1-3-10(7-11)8-13-16-12(9-17-13)5-2-6-15/h1,3-4,7,9H,2,5-6,8,15H2. The van der Waals surface area contributed by atoms with Crippen LogP contribution < -0.4 is 5.73 Å². The van der Waals surface area contributed by atoms with E-state index in [1.165, 1.54) is 5.56 Å². The van der Waals surface area contributed by atoms with Gasteiger partial charge in [0.1, 0.15) is 0 Å². The van der Waals surface area contributed by atoms with Crippen molar-refractivity contribution in [3.05, 3.63) is 50.9 Å². The zero-order valence-electron chi connectivity index (χ0n) is 9.53. The van der Waals surface area contributed by atoms with Gasteiger partial charge in [0.05, 0.1) is 10.7 Å². The minimum absolute atomic E-state index is 0.723. The van der Waals surface area contributed by atoms with Gasteiger partial charge in [-0.15, -0.1) is 11.3 Å². The van der Waals surface area contributed by atoms with Crippen molar-refractivity contribution in [1.82, 2.24) is 4.98 Å². The molecule has 0 spiro atoms. The second kappa shape index (κ2) is 6.15. The van der Waals surface area contributed by atoms with E-state index in [1.807, 2.05) is 18.2 Å². The lowest BCUT2D eigenvalue weighted by Gasteiger charge is -1.98. The third kappa shape index (κ3) is 3.80. The van der Waals surface area contributed by atoms with E-state index in [1.54, 1.807) is 11.3 Å². The Morgan fingerprint density at radius 1 is 1.35 bits per heavy atom. The first-order chi connectivity index (χ1) is 8.28. The second-order valence-electron chi connectivity index (χ2n) is 3.93. The summed E-state index contributed by atoms with van der Waals surface area (Å²) in [5.41, 5.74) is 7.84. The smallest absolute Gasteiger partial charge is 0.0972 e. The van der Waals surface area contributed by atoms with E-state index in [2.05, 4.69) is 16.4 Å². The monoisotopic (exact) mass is 266 g/mol. The summed E-state index contributed by atoms with van der Waals surface area (Å²) < 4.78 is 0. The largest absolute Gasteiger partial charge is 0.330 e. The normalized spacial score (nSPS) is 10.7. The molecule has 2 nitrogen and oxygen atoms in total. The molecule has 17 heavy (non-hydrogen) atoms. The number of aromatic nitrogens is 1. The van der Waals surface area contributed by atoms with Gasteiger partial charge in [0.15, 0.2) is 0 Å². The fourth-order valence-corrected chi connectivity index (χ4v) is 2.73. The van der Waals surface area contributed by atoms with Crippen molar-refractivity contribution >= 4 is 22.9 Å². The van der Waals surface area contributed by atoms with Crippen LogP contribution in [0.5, 0.6) is 0 Å². The van der Waals surface area contributed by atoms with Gasteiger partial charge < -0.3 is 5.73 Å². The highest BCUT2D eigenvalue weighted by molar-refractivity contribution is 7.09. The predicted octanol–water partition coefficient (Wildman–Crippen LogP) is 3.28. The minimum Gasteiger partial charge on any atom is -0.330 e. The summed E-state index contributed by atoms with van der Waals surface area (Å²) in [7, 11) is 0. The van der Waals surface area contributed by atoms with Crippen LogP contribution in [-0.4, -0.2) is 11.5 Å². The second-order valence-corrected chi connectivity index (χ2v) is 5.31. The topological polar surface area (TPSA) is 38.9 Å². The van der Waals surface area contributed by atoms with Crippen LogP contribution in [0.4, 0.5) is 0 Å². The number of nitrogens with two attached hydrogens (primary N) is 1. The molecule has 0 atom stereocenters. The molecule has 0 unspecified atom stereocenters. The van der Waals surface area contributed by atoms with Gasteiger partial charge in [-0.3, -0.25) is 0 Å². The van der Waals surface area contributed by atoms with Crippen LogP contribution in [0.25, 0.3) is 0 Å². The maximum atomic E-state index is 5.95. The number of thiazole rings is 1. The number of hydrogen-bond donors (Lipinski definition) is 1. The maximum absolute atomic E-state index is 5.95. The van der Waals surface area contributed by atoms with Crippen LogP contribution >= 0.6 is 22.9 Å². The summed E-state index contributed by atoms with van der Waals surface area (Å²) in [5, 5.41) is 4.04. The Morgan fingerprint density at radius 2 is 2.24 bits per heavy atom. The fourth-order valence-electron chi connectivity index (χ4n) is 1.65. The van der Waals surface area contributed by atoms with Crippen LogP contribution in [-0.2, 0) is 12.8 Å². The van der Waals surface area contributed by atoms with Gasteiger partial charge in [-0.1, -0.05) is 23.7 Å². The highest BCUT2D eigenvalue weighted by atomic mass is 35.5. The van der Waals surface area contributed by atoms with Crippen LogP contribution in [0, 0.1) is 0 Å². The van der Waals surface area contributed by atoms with Gasteiger partial charge in [-0.2, -0.15) is 0 Å². The molecule has 2 aromatic rings. The molecular weight excluding hydrogens is 252 g/mol. The quantitative estimate of drug-likeness (QED) is 0.902. The molecule has 4 heteroatoms. The molecule has 0 radical (unpaired) electrons. The Bertz CT molecular complexity index is 482. The summed E-state index contributed by atoms with van der Waals surface area (Å²) in [5.74, 6) is 0. The maximum Gasteiger partial charge on any atom is 0.0972 e. The Balaban J connectivity index is 2.01. The molecular formula is C13H15ClN2S. The van der Waals surface area contributed by atoms with Crippen molar-refractivity contribution in [2.75, 3.05) is 6.54 Å². The van der Waals surface area contributed by atoms with Gasteiger partial charge in [-0.25, -0.2) is 4.98 Å². The summed E-state index contributed by atoms with van der Waals surface area (Å²) in [6.07, 6.45) is 2.83. The van der Waals surface area contributed by atoms with Crippen molar-refractivity contribution < 1.29 is 0 Å². The molecule has 2 N–H and O–H groups in total. The molecule has 0 saturated carbocycles. The van der Waals surface area contributed by atoms with Gasteiger partial charge >= 0.3 is 0 Å². The third-order valence-electron chi connectivity index (χ3n) is 2.48. The molecule has 0 fully saturated rings.